The lowest BCUT2D eigenvalue weighted by atomic mass is 10.1. The average molecular weight is 522 g/mol. The third kappa shape index (κ3) is 8.56. The topological polar surface area (TPSA) is 83.5 Å². The van der Waals surface area contributed by atoms with Gasteiger partial charge in [0.25, 0.3) is 0 Å². The molecule has 1 aromatic carbocycles. The van der Waals surface area contributed by atoms with Crippen LogP contribution in [0.3, 0.4) is 0 Å². The van der Waals surface area contributed by atoms with Crippen molar-refractivity contribution in [2.45, 2.75) is 38.6 Å². The minimum absolute atomic E-state index is 0. The Hall–Kier alpha value is -1.20. The summed E-state index contributed by atoms with van der Waals surface area (Å²) in [4.78, 5) is 8.82. The SMILES string of the molecule is CN=C(NCc1ccc(CS(C)(=O)=O)cc1)NCc1nc(C(C)C)cs1.I. The number of aromatic nitrogens is 1. The molecule has 1 aromatic heterocycles. The summed E-state index contributed by atoms with van der Waals surface area (Å²) in [6.45, 7) is 5.50. The molecule has 2 N–H and O–H groups in total. The largest absolute Gasteiger partial charge is 0.352 e. The van der Waals surface area contributed by atoms with E-state index < -0.39 is 9.84 Å². The summed E-state index contributed by atoms with van der Waals surface area (Å²) in [6.07, 6.45) is 1.24. The summed E-state index contributed by atoms with van der Waals surface area (Å²) < 4.78 is 22.7. The Kier molecular flexibility index (Phi) is 9.68. The van der Waals surface area contributed by atoms with Crippen LogP contribution in [0.25, 0.3) is 0 Å². The van der Waals surface area contributed by atoms with Gasteiger partial charge in [0.1, 0.15) is 5.01 Å². The molecule has 0 bridgehead atoms. The number of hydrogen-bond donors (Lipinski definition) is 2. The van der Waals surface area contributed by atoms with Gasteiger partial charge in [-0.2, -0.15) is 0 Å². The molecule has 0 saturated heterocycles. The Morgan fingerprint density at radius 2 is 1.74 bits per heavy atom. The minimum Gasteiger partial charge on any atom is -0.352 e. The van der Waals surface area contributed by atoms with E-state index in [1.54, 1.807) is 18.4 Å². The van der Waals surface area contributed by atoms with Gasteiger partial charge in [0.05, 0.1) is 18.0 Å². The zero-order valence-electron chi connectivity index (χ0n) is 16.0. The Morgan fingerprint density at radius 1 is 1.15 bits per heavy atom. The van der Waals surface area contributed by atoms with Crippen LogP contribution in [0.4, 0.5) is 0 Å². The van der Waals surface area contributed by atoms with Gasteiger partial charge in [-0.3, -0.25) is 4.99 Å². The number of nitrogens with one attached hydrogen (secondary N) is 2. The molecular weight excluding hydrogens is 495 g/mol. The van der Waals surface area contributed by atoms with Gasteiger partial charge in [0, 0.05) is 25.2 Å². The first kappa shape index (κ1) is 23.8. The lowest BCUT2D eigenvalue weighted by molar-refractivity contribution is 0.601. The quantitative estimate of drug-likeness (QED) is 0.331. The van der Waals surface area contributed by atoms with Gasteiger partial charge >= 0.3 is 0 Å². The first-order chi connectivity index (χ1) is 12.3. The molecule has 0 aliphatic heterocycles. The average Bonchev–Trinajstić information content (AvgIpc) is 3.04. The van der Waals surface area contributed by atoms with Gasteiger partial charge in [-0.05, 0) is 17.0 Å². The predicted molar refractivity (Wildman–Crippen MR) is 124 cm³/mol. The fraction of sp³-hybridized carbons (Fsp3) is 0.444. The number of halogens is 1. The molecule has 0 saturated carbocycles. The smallest absolute Gasteiger partial charge is 0.191 e. The summed E-state index contributed by atoms with van der Waals surface area (Å²) in [6, 6.07) is 7.54. The van der Waals surface area contributed by atoms with E-state index in [4.69, 9.17) is 0 Å². The van der Waals surface area contributed by atoms with Crippen molar-refractivity contribution in [2.75, 3.05) is 13.3 Å². The highest BCUT2D eigenvalue weighted by Crippen LogP contribution is 2.17. The molecule has 0 aliphatic rings. The van der Waals surface area contributed by atoms with Crippen LogP contribution in [0.1, 0.15) is 41.6 Å². The zero-order valence-corrected chi connectivity index (χ0v) is 20.0. The Morgan fingerprint density at radius 3 is 2.26 bits per heavy atom. The molecule has 6 nitrogen and oxygen atoms in total. The van der Waals surface area contributed by atoms with Crippen molar-refractivity contribution in [1.82, 2.24) is 15.6 Å². The third-order valence-electron chi connectivity index (χ3n) is 3.70. The Bertz CT molecular complexity index is 847. The molecule has 0 radical (unpaired) electrons. The van der Waals surface area contributed by atoms with E-state index in [9.17, 15) is 8.42 Å². The number of nitrogens with zero attached hydrogens (tertiary/aromatic N) is 2. The molecule has 2 aromatic rings. The number of rotatable bonds is 7. The first-order valence-corrected chi connectivity index (χ1v) is 11.3. The highest BCUT2D eigenvalue weighted by molar-refractivity contribution is 14.0. The molecular formula is C18H27IN4O2S2. The maximum atomic E-state index is 11.3. The van der Waals surface area contributed by atoms with E-state index in [-0.39, 0.29) is 29.7 Å². The van der Waals surface area contributed by atoms with Crippen molar-refractivity contribution in [3.05, 3.63) is 51.5 Å². The fourth-order valence-electron chi connectivity index (χ4n) is 2.29. The van der Waals surface area contributed by atoms with Crippen LogP contribution < -0.4 is 10.6 Å². The van der Waals surface area contributed by atoms with E-state index in [1.807, 2.05) is 24.3 Å². The summed E-state index contributed by atoms with van der Waals surface area (Å²) in [5, 5.41) is 9.63. The molecule has 0 unspecified atom stereocenters. The van der Waals surface area contributed by atoms with Crippen LogP contribution in [-0.4, -0.2) is 32.7 Å². The van der Waals surface area contributed by atoms with Crippen molar-refractivity contribution >= 4 is 51.1 Å². The lowest BCUT2D eigenvalue weighted by Crippen LogP contribution is -2.36. The first-order valence-electron chi connectivity index (χ1n) is 8.41. The number of sulfone groups is 1. The van der Waals surface area contributed by atoms with Crippen molar-refractivity contribution < 1.29 is 8.42 Å². The molecule has 0 amide bonds. The van der Waals surface area contributed by atoms with Crippen LogP contribution in [0.2, 0.25) is 0 Å². The van der Waals surface area contributed by atoms with E-state index in [0.717, 1.165) is 21.8 Å². The molecule has 27 heavy (non-hydrogen) atoms. The van der Waals surface area contributed by atoms with Gasteiger partial charge in [-0.1, -0.05) is 38.1 Å². The Balaban J connectivity index is 0.00000364. The fourth-order valence-corrected chi connectivity index (χ4v) is 3.99. The summed E-state index contributed by atoms with van der Waals surface area (Å²) in [5.74, 6) is 1.20. The molecule has 1 heterocycles. The molecule has 0 atom stereocenters. The summed E-state index contributed by atoms with van der Waals surface area (Å²) in [7, 11) is -1.28. The predicted octanol–water partition coefficient (Wildman–Crippen LogP) is 3.29. The minimum atomic E-state index is -3.01. The normalized spacial score (nSPS) is 12.0. The molecule has 2 rings (SSSR count). The second kappa shape index (κ2) is 11.0. The van der Waals surface area contributed by atoms with Gasteiger partial charge in [-0.25, -0.2) is 13.4 Å². The van der Waals surface area contributed by atoms with Crippen LogP contribution in [0.15, 0.2) is 34.6 Å². The van der Waals surface area contributed by atoms with Crippen LogP contribution >= 0.6 is 35.3 Å². The standard InChI is InChI=1S/C18H26N4O2S2.HI/c1-13(2)16-11-25-17(22-16)10-21-18(19-3)20-9-14-5-7-15(8-6-14)12-26(4,23)24;/h5-8,11,13H,9-10,12H2,1-4H3,(H2,19,20,21);1H. The number of guanidine groups is 1. The molecule has 0 fully saturated rings. The van der Waals surface area contributed by atoms with E-state index >= 15 is 0 Å². The summed E-state index contributed by atoms with van der Waals surface area (Å²) in [5.41, 5.74) is 2.97. The van der Waals surface area contributed by atoms with Gasteiger partial charge in [0.2, 0.25) is 0 Å². The van der Waals surface area contributed by atoms with E-state index in [1.165, 1.54) is 6.26 Å². The highest BCUT2D eigenvalue weighted by Gasteiger charge is 2.07. The molecule has 150 valence electrons. The third-order valence-corrected chi connectivity index (χ3v) is 5.43. The number of hydrogen-bond acceptors (Lipinski definition) is 5. The van der Waals surface area contributed by atoms with E-state index in [2.05, 4.69) is 39.8 Å². The second-order valence-corrected chi connectivity index (χ2v) is 9.57. The van der Waals surface area contributed by atoms with Gasteiger partial charge in [-0.15, -0.1) is 35.3 Å². The number of thiazole rings is 1. The number of benzene rings is 1. The molecule has 0 aliphatic carbocycles. The van der Waals surface area contributed by atoms with Crippen LogP contribution in [-0.2, 0) is 28.7 Å². The molecule has 0 spiro atoms. The maximum absolute atomic E-state index is 11.3. The monoisotopic (exact) mass is 522 g/mol. The van der Waals surface area contributed by atoms with Gasteiger partial charge in [0.15, 0.2) is 15.8 Å². The van der Waals surface area contributed by atoms with E-state index in [0.29, 0.717) is 25.0 Å². The maximum Gasteiger partial charge on any atom is 0.191 e. The van der Waals surface area contributed by atoms with Crippen molar-refractivity contribution in [1.29, 1.82) is 0 Å². The Labute approximate surface area is 182 Å². The highest BCUT2D eigenvalue weighted by atomic mass is 127. The van der Waals surface area contributed by atoms with Gasteiger partial charge < -0.3 is 10.6 Å². The molecule has 9 heteroatoms. The second-order valence-electron chi connectivity index (χ2n) is 6.49. The lowest BCUT2D eigenvalue weighted by Gasteiger charge is -2.11. The zero-order chi connectivity index (χ0) is 19.2. The number of aliphatic imine (C=N–C) groups is 1. The van der Waals surface area contributed by atoms with Crippen LogP contribution in [0.5, 0.6) is 0 Å². The van der Waals surface area contributed by atoms with Crippen LogP contribution in [0, 0.1) is 0 Å². The summed E-state index contributed by atoms with van der Waals surface area (Å²) >= 11 is 1.65. The van der Waals surface area contributed by atoms with Crippen molar-refractivity contribution in [3.8, 4) is 0 Å². The van der Waals surface area contributed by atoms with Crippen molar-refractivity contribution in [3.63, 3.8) is 0 Å². The van der Waals surface area contributed by atoms with Crippen molar-refractivity contribution in [2.24, 2.45) is 4.99 Å².